The van der Waals surface area contributed by atoms with Gasteiger partial charge in [-0.3, -0.25) is 14.4 Å². The summed E-state index contributed by atoms with van der Waals surface area (Å²) in [6, 6.07) is 21.8. The van der Waals surface area contributed by atoms with Gasteiger partial charge in [0.25, 0.3) is 17.7 Å². The van der Waals surface area contributed by atoms with Crippen molar-refractivity contribution in [3.05, 3.63) is 112 Å². The van der Waals surface area contributed by atoms with E-state index in [0.717, 1.165) is 22.3 Å². The summed E-state index contributed by atoms with van der Waals surface area (Å²) in [4.78, 5) is 41.5. The number of aryl methyl sites for hydroxylation is 2. The van der Waals surface area contributed by atoms with Gasteiger partial charge >= 0.3 is 0 Å². The SMILES string of the molecule is COc1cc2ccc1O[C@H]1CN(C(=O)c3ccc(F)c(C)c3)C[C@@H]1NC(=O)c1ccc(C)c(c1)-c1cccc(c1)OCC(=O)NC2. The van der Waals surface area contributed by atoms with Crippen LogP contribution in [0.2, 0.25) is 0 Å². The van der Waals surface area contributed by atoms with E-state index >= 15 is 0 Å². The van der Waals surface area contributed by atoms with Gasteiger partial charge in [0.15, 0.2) is 18.1 Å². The van der Waals surface area contributed by atoms with Crippen LogP contribution in [0.15, 0.2) is 78.9 Å². The first-order chi connectivity index (χ1) is 22.2. The highest BCUT2D eigenvalue weighted by Crippen LogP contribution is 2.32. The molecule has 3 aliphatic rings. The second-order valence-corrected chi connectivity index (χ2v) is 11.5. The van der Waals surface area contributed by atoms with Gasteiger partial charge in [0, 0.05) is 24.2 Å². The van der Waals surface area contributed by atoms with E-state index in [4.69, 9.17) is 14.2 Å². The molecular weight excluding hydrogens is 589 g/mol. The summed E-state index contributed by atoms with van der Waals surface area (Å²) in [7, 11) is 1.51. The molecule has 4 aromatic rings. The molecule has 0 spiro atoms. The number of nitrogens with zero attached hydrogens (tertiary/aromatic N) is 1. The van der Waals surface area contributed by atoms with Crippen LogP contribution in [0.4, 0.5) is 4.39 Å². The van der Waals surface area contributed by atoms with Crippen LogP contribution in [0.5, 0.6) is 17.2 Å². The molecule has 46 heavy (non-hydrogen) atoms. The number of nitrogens with one attached hydrogen (secondary N) is 2. The Morgan fingerprint density at radius 1 is 0.935 bits per heavy atom. The monoisotopic (exact) mass is 623 g/mol. The lowest BCUT2D eigenvalue weighted by Crippen LogP contribution is -2.45. The summed E-state index contributed by atoms with van der Waals surface area (Å²) in [5, 5.41) is 5.96. The van der Waals surface area contributed by atoms with Crippen molar-refractivity contribution < 1.29 is 33.0 Å². The van der Waals surface area contributed by atoms with Gasteiger partial charge in [-0.2, -0.15) is 0 Å². The number of likely N-dealkylation sites (tertiary alicyclic amines) is 1. The van der Waals surface area contributed by atoms with Crippen molar-refractivity contribution in [2.45, 2.75) is 32.5 Å². The van der Waals surface area contributed by atoms with E-state index in [0.29, 0.717) is 33.9 Å². The average molecular weight is 624 g/mol. The quantitative estimate of drug-likeness (QED) is 0.332. The van der Waals surface area contributed by atoms with Gasteiger partial charge in [-0.1, -0.05) is 24.3 Å². The largest absolute Gasteiger partial charge is 0.493 e. The summed E-state index contributed by atoms with van der Waals surface area (Å²) in [5.41, 5.74) is 4.55. The van der Waals surface area contributed by atoms with Crippen molar-refractivity contribution >= 4 is 17.7 Å². The first kappa shape index (κ1) is 30.6. The zero-order chi connectivity index (χ0) is 32.4. The standard InChI is InChI=1S/C36H34FN3O6/c1-21-7-9-25-16-28(21)24-5-4-6-27(15-24)45-20-34(41)38-17-23-8-12-31(32(14-23)44-3)46-33-19-40(18-30(33)39-35(25)42)36(43)26-10-11-29(37)22(2)13-26/h4-16,30,33H,17-20H2,1-3H3,(H,38,41)(H,39,42)/t30-,33-/m0/s1. The summed E-state index contributed by atoms with van der Waals surface area (Å²) in [6.45, 7) is 3.99. The lowest BCUT2D eigenvalue weighted by atomic mass is 9.97. The van der Waals surface area contributed by atoms with Gasteiger partial charge in [0.1, 0.15) is 17.7 Å². The molecule has 6 bridgehead atoms. The molecule has 0 saturated carbocycles. The van der Waals surface area contributed by atoms with Crippen LogP contribution in [0.3, 0.4) is 0 Å². The molecule has 3 aliphatic heterocycles. The molecule has 9 nitrogen and oxygen atoms in total. The van der Waals surface area contributed by atoms with Crippen molar-refractivity contribution in [3.63, 3.8) is 0 Å². The molecule has 3 heterocycles. The summed E-state index contributed by atoms with van der Waals surface area (Å²) in [5.74, 6) is 0.0734. The van der Waals surface area contributed by atoms with Crippen LogP contribution in [0, 0.1) is 19.7 Å². The van der Waals surface area contributed by atoms with Gasteiger partial charge in [0.05, 0.1) is 19.7 Å². The maximum atomic E-state index is 14.0. The van der Waals surface area contributed by atoms with E-state index in [1.165, 1.54) is 25.3 Å². The van der Waals surface area contributed by atoms with E-state index in [1.807, 2.05) is 37.3 Å². The topological polar surface area (TPSA) is 106 Å². The Kier molecular flexibility index (Phi) is 8.61. The summed E-state index contributed by atoms with van der Waals surface area (Å²) < 4.78 is 31.8. The number of halogens is 1. The van der Waals surface area contributed by atoms with E-state index < -0.39 is 18.0 Å². The fourth-order valence-electron chi connectivity index (χ4n) is 5.72. The van der Waals surface area contributed by atoms with E-state index in [2.05, 4.69) is 10.6 Å². The van der Waals surface area contributed by atoms with Crippen molar-refractivity contribution in [3.8, 4) is 28.4 Å². The molecule has 236 valence electrons. The molecule has 3 amide bonds. The highest BCUT2D eigenvalue weighted by molar-refractivity contribution is 5.97. The minimum absolute atomic E-state index is 0.168. The van der Waals surface area contributed by atoms with Gasteiger partial charge in [-0.15, -0.1) is 0 Å². The molecule has 4 aromatic carbocycles. The predicted molar refractivity (Wildman–Crippen MR) is 170 cm³/mol. The Balaban J connectivity index is 1.36. The van der Waals surface area contributed by atoms with Crippen molar-refractivity contribution in [1.82, 2.24) is 15.5 Å². The zero-order valence-electron chi connectivity index (χ0n) is 25.8. The molecule has 10 heteroatoms. The third-order valence-corrected chi connectivity index (χ3v) is 8.29. The van der Waals surface area contributed by atoms with E-state index in [9.17, 15) is 18.8 Å². The Bertz CT molecular complexity index is 1830. The van der Waals surface area contributed by atoms with Gasteiger partial charge in [-0.25, -0.2) is 4.39 Å². The molecule has 0 aliphatic carbocycles. The fourth-order valence-corrected chi connectivity index (χ4v) is 5.72. The molecule has 0 radical (unpaired) electrons. The van der Waals surface area contributed by atoms with Crippen LogP contribution in [-0.2, 0) is 11.3 Å². The molecule has 7 rings (SSSR count). The Morgan fingerprint density at radius 3 is 2.59 bits per heavy atom. The predicted octanol–water partition coefficient (Wildman–Crippen LogP) is 4.83. The normalized spacial score (nSPS) is 18.0. The average Bonchev–Trinajstić information content (AvgIpc) is 3.45. The second kappa shape index (κ2) is 12.9. The maximum absolute atomic E-state index is 14.0. The molecule has 2 atom stereocenters. The Labute approximate surface area is 266 Å². The van der Waals surface area contributed by atoms with Gasteiger partial charge in [-0.05, 0) is 96.3 Å². The molecule has 2 N–H and O–H groups in total. The molecule has 1 fully saturated rings. The minimum atomic E-state index is -0.627. The lowest BCUT2D eigenvalue weighted by Gasteiger charge is -2.23. The zero-order valence-corrected chi connectivity index (χ0v) is 25.8. The Hall–Kier alpha value is -5.38. The molecule has 1 saturated heterocycles. The summed E-state index contributed by atoms with van der Waals surface area (Å²) in [6.07, 6.45) is -0.627. The lowest BCUT2D eigenvalue weighted by molar-refractivity contribution is -0.123. The Morgan fingerprint density at radius 2 is 1.78 bits per heavy atom. The van der Waals surface area contributed by atoms with Gasteiger partial charge in [0.2, 0.25) is 0 Å². The minimum Gasteiger partial charge on any atom is -0.493 e. The first-order valence-electron chi connectivity index (χ1n) is 15.0. The number of carbonyl (C=O) groups excluding carboxylic acids is 3. The van der Waals surface area contributed by atoms with Crippen molar-refractivity contribution in [2.24, 2.45) is 0 Å². The number of methoxy groups -OCH3 is 1. The third kappa shape index (κ3) is 6.51. The number of hydrogen-bond donors (Lipinski definition) is 2. The number of fused-ring (bicyclic) bond motifs is 7. The van der Waals surface area contributed by atoms with E-state index in [1.54, 1.807) is 42.2 Å². The highest BCUT2D eigenvalue weighted by Gasteiger charge is 2.39. The molecule has 0 unspecified atom stereocenters. The van der Waals surface area contributed by atoms with E-state index in [-0.39, 0.29) is 44.0 Å². The number of ether oxygens (including phenoxy) is 3. The van der Waals surface area contributed by atoms with Crippen LogP contribution in [0.25, 0.3) is 11.1 Å². The molecular formula is C36H34FN3O6. The van der Waals surface area contributed by atoms with Gasteiger partial charge < -0.3 is 29.7 Å². The number of hydrogen-bond acceptors (Lipinski definition) is 6. The number of benzene rings is 4. The van der Waals surface area contributed by atoms with Crippen LogP contribution < -0.4 is 24.8 Å². The smallest absolute Gasteiger partial charge is 0.258 e. The van der Waals surface area contributed by atoms with Crippen LogP contribution in [0.1, 0.15) is 37.4 Å². The number of rotatable bonds is 2. The third-order valence-electron chi connectivity index (χ3n) is 8.29. The number of amides is 3. The summed E-state index contributed by atoms with van der Waals surface area (Å²) >= 11 is 0. The first-order valence-corrected chi connectivity index (χ1v) is 15.0. The van der Waals surface area contributed by atoms with Crippen LogP contribution >= 0.6 is 0 Å². The second-order valence-electron chi connectivity index (χ2n) is 11.5. The number of carbonyl (C=O) groups is 3. The van der Waals surface area contributed by atoms with Crippen molar-refractivity contribution in [2.75, 3.05) is 26.8 Å². The fraction of sp³-hybridized carbons (Fsp3) is 0.250. The maximum Gasteiger partial charge on any atom is 0.258 e. The van der Waals surface area contributed by atoms with Crippen molar-refractivity contribution in [1.29, 1.82) is 0 Å². The highest BCUT2D eigenvalue weighted by atomic mass is 19.1. The molecule has 0 aromatic heterocycles. The van der Waals surface area contributed by atoms with Crippen LogP contribution in [-0.4, -0.2) is 61.6 Å².